The van der Waals surface area contributed by atoms with Crippen molar-refractivity contribution in [3.8, 4) is 0 Å². The minimum atomic E-state index is -2.58. The number of hydrogen-bond donors (Lipinski definition) is 2. The molecule has 4 atom stereocenters. The van der Waals surface area contributed by atoms with Crippen molar-refractivity contribution in [1.82, 2.24) is 0 Å². The largest absolute Gasteiger partial charge is 0.437 e. The maximum absolute atomic E-state index is 11.5. The topological polar surface area (TPSA) is 188 Å². The van der Waals surface area contributed by atoms with Gasteiger partial charge in [-0.05, 0) is 286 Å². The van der Waals surface area contributed by atoms with Gasteiger partial charge in [-0.15, -0.1) is 0 Å². The zero-order valence-electron chi connectivity index (χ0n) is 63.6. The molecule has 18 nitrogen and oxygen atoms in total. The van der Waals surface area contributed by atoms with E-state index in [1.165, 1.54) is 0 Å². The first-order chi connectivity index (χ1) is 38.8. The Hall–Kier alpha value is 2.75. The average Bonchev–Trinajstić information content (AvgIpc) is 3.17. The first kappa shape index (κ1) is 90.8. The Morgan fingerprint density at radius 2 is 0.375 bits per heavy atom. The highest BCUT2D eigenvalue weighted by molar-refractivity contribution is 6.92. The molecule has 0 radical (unpaired) electrons. The molecule has 0 bridgehead atoms. The summed E-state index contributed by atoms with van der Waals surface area (Å²) in [6, 6.07) is 3.26. The van der Waals surface area contributed by atoms with Gasteiger partial charge in [0.2, 0.25) is 0 Å². The van der Waals surface area contributed by atoms with E-state index in [9.17, 15) is 10.2 Å². The summed E-state index contributed by atoms with van der Waals surface area (Å²) in [5, 5.41) is 22.9. The smallest absolute Gasteiger partial charge is 0.312 e. The molecule has 88 heavy (non-hydrogen) atoms. The molecule has 0 aliphatic carbocycles. The van der Waals surface area contributed by atoms with Crippen LogP contribution in [0.3, 0.4) is 0 Å². The molecular formula is C54H142O18Si16. The molecule has 0 saturated carbocycles. The third-order valence-electron chi connectivity index (χ3n) is 12.7. The molecule has 0 aromatic carbocycles. The van der Waals surface area contributed by atoms with Crippen LogP contribution in [-0.4, -0.2) is 209 Å². The van der Waals surface area contributed by atoms with Gasteiger partial charge in [0, 0.05) is 26.4 Å². The fourth-order valence-electron chi connectivity index (χ4n) is 12.6. The Kier molecular flexibility index (Phi) is 36.8. The molecule has 0 spiro atoms. The normalized spacial score (nSPS) is 16.6. The predicted octanol–water partition coefficient (Wildman–Crippen LogP) is 16.0. The monoisotopic (exact) mass is 1530 g/mol. The van der Waals surface area contributed by atoms with Crippen molar-refractivity contribution in [3.63, 3.8) is 0 Å². The zero-order chi connectivity index (χ0) is 69.5. The van der Waals surface area contributed by atoms with Crippen LogP contribution in [0.1, 0.15) is 25.7 Å². The second-order valence-corrected chi connectivity index (χ2v) is 99.4. The molecular weight excluding hydrogens is 1390 g/mol. The van der Waals surface area contributed by atoms with Gasteiger partial charge in [-0.25, -0.2) is 0 Å². The lowest BCUT2D eigenvalue weighted by molar-refractivity contribution is -0.191. The average molecular weight is 1530 g/mol. The lowest BCUT2D eigenvalue weighted by Crippen LogP contribution is -2.56. The maximum Gasteiger partial charge on any atom is 0.312 e. The second-order valence-electron chi connectivity index (χ2n) is 34.2. The highest BCUT2D eigenvalue weighted by atomic mass is 28.5. The molecule has 530 valence electrons. The van der Waals surface area contributed by atoms with Crippen LogP contribution >= 0.6 is 0 Å². The van der Waals surface area contributed by atoms with Crippen molar-refractivity contribution < 1.29 is 78.5 Å². The SMILES string of the molecule is C[Si](C)(C)O[Si](C)(C)O[Si](C)(C)O[Si](C)(C)CCCOC(CO)C(OCCC[Si](C)(C)O[Si](C)(C)O[Si](C)(C)O[Si](C)(C)C)C(OCCC[Si](C)(C)O[Si](C)(C)O[Si](C)(C)O[Si](C)(C)C)C(CO)OCCC[Si](C)(C)O[Si](C)(C)O[Si](C)(C)O[Si](C)(C)C. The van der Waals surface area contributed by atoms with Gasteiger partial charge in [0.05, 0.1) is 13.2 Å². The van der Waals surface area contributed by atoms with Crippen LogP contribution in [0.2, 0.25) is 260 Å². The lowest BCUT2D eigenvalue weighted by Gasteiger charge is -2.41. The number of aliphatic hydroxyl groups excluding tert-OH is 2. The quantitative estimate of drug-likeness (QED) is 0.0432. The summed E-state index contributed by atoms with van der Waals surface area (Å²) in [7, 11) is -36.4. The van der Waals surface area contributed by atoms with Crippen LogP contribution in [0, 0.1) is 0 Å². The van der Waals surface area contributed by atoms with Gasteiger partial charge in [0.1, 0.15) is 24.4 Å². The van der Waals surface area contributed by atoms with E-state index in [4.69, 9.17) is 68.3 Å². The van der Waals surface area contributed by atoms with Crippen molar-refractivity contribution in [2.45, 2.75) is 310 Å². The van der Waals surface area contributed by atoms with Crippen molar-refractivity contribution in [2.24, 2.45) is 0 Å². The van der Waals surface area contributed by atoms with E-state index in [0.717, 1.165) is 24.2 Å². The molecule has 0 heterocycles. The molecule has 0 fully saturated rings. The van der Waals surface area contributed by atoms with E-state index in [2.05, 4.69) is 236 Å². The van der Waals surface area contributed by atoms with Crippen molar-refractivity contribution in [2.75, 3.05) is 39.6 Å². The molecule has 0 aliphatic heterocycles. The van der Waals surface area contributed by atoms with Gasteiger partial charge in [0.15, 0.2) is 66.5 Å². The molecule has 4 unspecified atom stereocenters. The highest BCUT2D eigenvalue weighted by Gasteiger charge is 2.48. The summed E-state index contributed by atoms with van der Waals surface area (Å²) in [6.07, 6.45) is -0.432. The molecule has 2 N–H and O–H groups in total. The van der Waals surface area contributed by atoms with Gasteiger partial charge in [0.25, 0.3) is 0 Å². The number of hydrogen-bond acceptors (Lipinski definition) is 18. The predicted molar refractivity (Wildman–Crippen MR) is 407 cm³/mol. The van der Waals surface area contributed by atoms with E-state index in [1.807, 2.05) is 0 Å². The Bertz CT molecular complexity index is 1860. The Morgan fingerprint density at radius 3 is 0.534 bits per heavy atom. The third kappa shape index (κ3) is 45.4. The summed E-state index contributed by atoms with van der Waals surface area (Å²) in [5.41, 5.74) is 0. The van der Waals surface area contributed by atoms with Gasteiger partial charge >= 0.3 is 68.5 Å². The maximum atomic E-state index is 11.5. The standard InChI is InChI=1S/C54H142O18Si16/c1-73(2,3)61-81(21,22)69-85(29,30)65-77(13,14)45-37-41-57-51(49-55)53(59-43-39-47-79(17,18)67-87(33,34)71-83(25,26)63-75(7,8)9)54(60-44-40-48-80(19,20)68-88(35,36)72-84(27,28)64-76(10,11)12)52(50-56)58-42-38-46-78(15,16)66-86(31,32)70-82(23,24)62-74(4,5)6/h51-56H,37-50H2,1-36H3. The highest BCUT2D eigenvalue weighted by Crippen LogP contribution is 2.32. The summed E-state index contributed by atoms with van der Waals surface area (Å²) < 4.78 is 109. The van der Waals surface area contributed by atoms with Crippen LogP contribution in [0.4, 0.5) is 0 Å². The zero-order valence-corrected chi connectivity index (χ0v) is 79.6. The molecule has 0 amide bonds. The third-order valence-corrected chi connectivity index (χ3v) is 69.0. The number of ether oxygens (including phenoxy) is 4. The summed E-state index contributed by atoms with van der Waals surface area (Å²) >= 11 is 0. The van der Waals surface area contributed by atoms with Gasteiger partial charge < -0.3 is 78.5 Å². The van der Waals surface area contributed by atoms with Crippen molar-refractivity contribution in [3.05, 3.63) is 0 Å². The van der Waals surface area contributed by atoms with E-state index in [1.54, 1.807) is 0 Å². The first-order valence-corrected chi connectivity index (χ1v) is 81.5. The minimum Gasteiger partial charge on any atom is -0.437 e. The minimum absolute atomic E-state index is 0.333. The number of rotatable bonds is 49. The van der Waals surface area contributed by atoms with Gasteiger partial charge in [-0.1, -0.05) is 0 Å². The van der Waals surface area contributed by atoms with Crippen LogP contribution < -0.4 is 0 Å². The van der Waals surface area contributed by atoms with E-state index in [0.29, 0.717) is 52.1 Å². The van der Waals surface area contributed by atoms with Crippen molar-refractivity contribution in [1.29, 1.82) is 0 Å². The molecule has 0 saturated heterocycles. The van der Waals surface area contributed by atoms with Crippen LogP contribution in [-0.2, 0) is 68.3 Å². The van der Waals surface area contributed by atoms with Crippen LogP contribution in [0.5, 0.6) is 0 Å². The summed E-state index contributed by atoms with van der Waals surface area (Å²) in [5.74, 6) is 0. The first-order valence-electron chi connectivity index (χ1n) is 32.9. The Morgan fingerprint density at radius 1 is 0.216 bits per heavy atom. The molecule has 0 aromatic heterocycles. The van der Waals surface area contributed by atoms with Crippen LogP contribution in [0.25, 0.3) is 0 Å². The second kappa shape index (κ2) is 35.7. The molecule has 0 rings (SSSR count). The molecule has 0 aliphatic rings. The van der Waals surface area contributed by atoms with Gasteiger partial charge in [-0.3, -0.25) is 0 Å². The van der Waals surface area contributed by atoms with Crippen molar-refractivity contribution >= 4 is 135 Å². The molecule has 34 heteroatoms. The number of aliphatic hydroxyl groups is 2. The summed E-state index contributed by atoms with van der Waals surface area (Å²) in [4.78, 5) is 0. The summed E-state index contributed by atoms with van der Waals surface area (Å²) in [6.45, 7) is 79.2. The van der Waals surface area contributed by atoms with E-state index in [-0.39, 0.29) is 13.2 Å². The van der Waals surface area contributed by atoms with E-state index >= 15 is 0 Å². The fraction of sp³-hybridized carbons (Fsp3) is 1.00. The van der Waals surface area contributed by atoms with Gasteiger partial charge in [-0.2, -0.15) is 0 Å². The van der Waals surface area contributed by atoms with Crippen LogP contribution in [0.15, 0.2) is 0 Å². The Labute approximate surface area is 559 Å². The fourth-order valence-corrected chi connectivity index (χ4v) is 86.4. The lowest BCUT2D eigenvalue weighted by atomic mass is 10.0. The van der Waals surface area contributed by atoms with E-state index < -0.39 is 159 Å². The molecule has 0 aromatic rings. The Balaban J connectivity index is 7.22.